The van der Waals surface area contributed by atoms with E-state index in [1.54, 1.807) is 12.3 Å². The molecular formula is C19H23N3O3. The second kappa shape index (κ2) is 8.37. The van der Waals surface area contributed by atoms with Crippen molar-refractivity contribution in [1.82, 2.24) is 10.3 Å². The van der Waals surface area contributed by atoms with Gasteiger partial charge in [0, 0.05) is 30.2 Å². The van der Waals surface area contributed by atoms with E-state index >= 15 is 0 Å². The molecule has 1 aromatic carbocycles. The molecule has 0 radical (unpaired) electrons. The molecule has 1 aliphatic rings. The number of nitrogens with zero attached hydrogens (tertiary/aromatic N) is 1. The molecular weight excluding hydrogens is 318 g/mol. The topological polar surface area (TPSA) is 72.5 Å². The highest BCUT2D eigenvalue weighted by atomic mass is 16.6. The van der Waals surface area contributed by atoms with Crippen molar-refractivity contribution in [3.8, 4) is 11.5 Å². The summed E-state index contributed by atoms with van der Waals surface area (Å²) in [4.78, 5) is 16.3. The largest absolute Gasteiger partial charge is 0.486 e. The van der Waals surface area contributed by atoms with Gasteiger partial charge in [-0.25, -0.2) is 0 Å². The molecule has 6 nitrogen and oxygen atoms in total. The molecule has 1 aliphatic heterocycles. The number of benzene rings is 1. The lowest BCUT2D eigenvalue weighted by Crippen LogP contribution is -2.25. The van der Waals surface area contributed by atoms with Crippen LogP contribution in [0.15, 0.2) is 36.5 Å². The van der Waals surface area contributed by atoms with E-state index in [-0.39, 0.29) is 5.91 Å². The van der Waals surface area contributed by atoms with Crippen LogP contribution in [0.2, 0.25) is 0 Å². The molecule has 0 saturated heterocycles. The second-order valence-corrected chi connectivity index (χ2v) is 5.88. The van der Waals surface area contributed by atoms with E-state index in [9.17, 15) is 4.79 Å². The number of unbranched alkanes of at least 4 members (excludes halogenated alkanes) is 2. The summed E-state index contributed by atoms with van der Waals surface area (Å²) >= 11 is 0. The van der Waals surface area contributed by atoms with Crippen LogP contribution in [0.5, 0.6) is 11.5 Å². The van der Waals surface area contributed by atoms with E-state index in [1.165, 1.54) is 0 Å². The molecule has 0 atom stereocenters. The minimum atomic E-state index is -0.151. The van der Waals surface area contributed by atoms with Gasteiger partial charge in [0.15, 0.2) is 11.5 Å². The van der Waals surface area contributed by atoms with Crippen molar-refractivity contribution in [2.45, 2.75) is 26.2 Å². The normalized spacial score (nSPS) is 12.5. The van der Waals surface area contributed by atoms with Gasteiger partial charge in [0.25, 0.3) is 5.91 Å². The molecule has 2 aromatic rings. The zero-order chi connectivity index (χ0) is 17.5. The number of nitrogens with one attached hydrogen (secondary N) is 2. The number of hydrogen-bond donors (Lipinski definition) is 2. The fourth-order valence-corrected chi connectivity index (χ4v) is 2.59. The number of carbonyl (C=O) groups is 1. The minimum Gasteiger partial charge on any atom is -0.486 e. The van der Waals surface area contributed by atoms with Crippen LogP contribution in [0.4, 0.5) is 11.4 Å². The van der Waals surface area contributed by atoms with Crippen LogP contribution in [0, 0.1) is 0 Å². The molecule has 0 fully saturated rings. The van der Waals surface area contributed by atoms with E-state index in [0.717, 1.165) is 42.1 Å². The van der Waals surface area contributed by atoms with Crippen LogP contribution in [0.3, 0.4) is 0 Å². The Morgan fingerprint density at radius 2 is 1.88 bits per heavy atom. The van der Waals surface area contributed by atoms with Gasteiger partial charge in [-0.15, -0.1) is 0 Å². The van der Waals surface area contributed by atoms with Crippen LogP contribution in [0.1, 0.15) is 36.7 Å². The summed E-state index contributed by atoms with van der Waals surface area (Å²) in [6, 6.07) is 9.24. The average Bonchev–Trinajstić information content (AvgIpc) is 2.65. The SMILES string of the molecule is CCCCCNC(=O)c1cc(Nc2ccc3c(c2)OCCO3)ccn1. The van der Waals surface area contributed by atoms with Gasteiger partial charge in [-0.1, -0.05) is 19.8 Å². The van der Waals surface area contributed by atoms with E-state index in [2.05, 4.69) is 22.5 Å². The molecule has 1 aromatic heterocycles. The van der Waals surface area contributed by atoms with E-state index in [4.69, 9.17) is 9.47 Å². The van der Waals surface area contributed by atoms with Crippen molar-refractivity contribution < 1.29 is 14.3 Å². The lowest BCUT2D eigenvalue weighted by atomic mass is 10.2. The first kappa shape index (κ1) is 17.1. The van der Waals surface area contributed by atoms with Gasteiger partial charge in [0.05, 0.1) is 0 Å². The Balaban J connectivity index is 1.64. The third kappa shape index (κ3) is 4.62. The van der Waals surface area contributed by atoms with Crippen LogP contribution >= 0.6 is 0 Å². The van der Waals surface area contributed by atoms with Gasteiger partial charge >= 0.3 is 0 Å². The van der Waals surface area contributed by atoms with Gasteiger partial charge in [-0.2, -0.15) is 0 Å². The molecule has 3 rings (SSSR count). The first-order valence-electron chi connectivity index (χ1n) is 8.67. The lowest BCUT2D eigenvalue weighted by molar-refractivity contribution is 0.0948. The lowest BCUT2D eigenvalue weighted by Gasteiger charge is -2.19. The number of carbonyl (C=O) groups excluding carboxylic acids is 1. The molecule has 2 heterocycles. The number of pyridine rings is 1. The zero-order valence-corrected chi connectivity index (χ0v) is 14.4. The third-order valence-electron chi connectivity index (χ3n) is 3.89. The van der Waals surface area contributed by atoms with Gasteiger partial charge in [-0.05, 0) is 30.7 Å². The Morgan fingerprint density at radius 3 is 2.72 bits per heavy atom. The van der Waals surface area contributed by atoms with E-state index in [1.807, 2.05) is 24.3 Å². The molecule has 2 N–H and O–H groups in total. The summed E-state index contributed by atoms with van der Waals surface area (Å²) in [7, 11) is 0. The van der Waals surface area contributed by atoms with Crippen molar-refractivity contribution in [2.24, 2.45) is 0 Å². The molecule has 0 bridgehead atoms. The van der Waals surface area contributed by atoms with E-state index in [0.29, 0.717) is 25.5 Å². The minimum absolute atomic E-state index is 0.151. The molecule has 0 aliphatic carbocycles. The predicted octanol–water partition coefficient (Wildman–Crippen LogP) is 3.52. The monoisotopic (exact) mass is 341 g/mol. The summed E-state index contributed by atoms with van der Waals surface area (Å²) in [5.74, 6) is 1.32. The predicted molar refractivity (Wildman–Crippen MR) is 96.8 cm³/mol. The maximum Gasteiger partial charge on any atom is 0.269 e. The standard InChI is InChI=1S/C19H23N3O3/c1-2-3-4-8-21-19(23)16-12-15(7-9-20-16)22-14-5-6-17-18(13-14)25-11-10-24-17/h5-7,9,12-13H,2-4,8,10-11H2,1H3,(H,20,22)(H,21,23). The molecule has 0 unspecified atom stereocenters. The number of fused-ring (bicyclic) bond motifs is 1. The Bertz CT molecular complexity index is 734. The summed E-state index contributed by atoms with van der Waals surface area (Å²) in [5, 5.41) is 6.17. The highest BCUT2D eigenvalue weighted by Gasteiger charge is 2.12. The van der Waals surface area contributed by atoms with Crippen molar-refractivity contribution in [3.05, 3.63) is 42.2 Å². The Kier molecular flexibility index (Phi) is 5.72. The summed E-state index contributed by atoms with van der Waals surface area (Å²) in [6.45, 7) is 3.93. The summed E-state index contributed by atoms with van der Waals surface area (Å²) in [6.07, 6.45) is 4.85. The highest BCUT2D eigenvalue weighted by Crippen LogP contribution is 2.33. The van der Waals surface area contributed by atoms with E-state index < -0.39 is 0 Å². The molecule has 6 heteroatoms. The average molecular weight is 341 g/mol. The Labute approximate surface area is 147 Å². The molecule has 0 saturated carbocycles. The van der Waals surface area contributed by atoms with Gasteiger partial charge < -0.3 is 20.1 Å². The van der Waals surface area contributed by atoms with Crippen LogP contribution in [-0.2, 0) is 0 Å². The fourth-order valence-electron chi connectivity index (χ4n) is 2.59. The van der Waals surface area contributed by atoms with Crippen LogP contribution in [0.25, 0.3) is 0 Å². The summed E-state index contributed by atoms with van der Waals surface area (Å²) < 4.78 is 11.1. The quantitative estimate of drug-likeness (QED) is 0.754. The second-order valence-electron chi connectivity index (χ2n) is 5.88. The maximum atomic E-state index is 12.2. The van der Waals surface area contributed by atoms with Crippen LogP contribution < -0.4 is 20.1 Å². The number of aromatic nitrogens is 1. The van der Waals surface area contributed by atoms with Gasteiger partial charge in [0.2, 0.25) is 0 Å². The maximum absolute atomic E-state index is 12.2. The zero-order valence-electron chi connectivity index (χ0n) is 14.4. The first-order valence-corrected chi connectivity index (χ1v) is 8.67. The molecule has 132 valence electrons. The van der Waals surface area contributed by atoms with Gasteiger partial charge in [-0.3, -0.25) is 9.78 Å². The molecule has 25 heavy (non-hydrogen) atoms. The van der Waals surface area contributed by atoms with Crippen molar-refractivity contribution in [2.75, 3.05) is 25.1 Å². The smallest absolute Gasteiger partial charge is 0.269 e. The molecule has 1 amide bonds. The van der Waals surface area contributed by atoms with Crippen LogP contribution in [-0.4, -0.2) is 30.6 Å². The fraction of sp³-hybridized carbons (Fsp3) is 0.368. The van der Waals surface area contributed by atoms with Crippen molar-refractivity contribution in [3.63, 3.8) is 0 Å². The Morgan fingerprint density at radius 1 is 1.08 bits per heavy atom. The molecule has 0 spiro atoms. The number of rotatable bonds is 7. The van der Waals surface area contributed by atoms with Gasteiger partial charge in [0.1, 0.15) is 18.9 Å². The highest BCUT2D eigenvalue weighted by molar-refractivity contribution is 5.93. The number of amides is 1. The third-order valence-corrected chi connectivity index (χ3v) is 3.89. The summed E-state index contributed by atoms with van der Waals surface area (Å²) in [5.41, 5.74) is 2.06. The number of ether oxygens (including phenoxy) is 2. The van der Waals surface area contributed by atoms with Crippen molar-refractivity contribution in [1.29, 1.82) is 0 Å². The number of hydrogen-bond acceptors (Lipinski definition) is 5. The van der Waals surface area contributed by atoms with Crippen molar-refractivity contribution >= 4 is 17.3 Å². The Hall–Kier alpha value is -2.76. The first-order chi connectivity index (χ1) is 12.3. The number of anilines is 2.